The summed E-state index contributed by atoms with van der Waals surface area (Å²) in [7, 11) is 0. The highest BCUT2D eigenvalue weighted by Gasteiger charge is 2.11. The van der Waals surface area contributed by atoms with Gasteiger partial charge in [-0.05, 0) is 49.4 Å². The Labute approximate surface area is 162 Å². The number of benzene rings is 2. The van der Waals surface area contributed by atoms with E-state index in [1.165, 1.54) is 10.9 Å². The number of carbonyl (C=O) groups is 1. The lowest BCUT2D eigenvalue weighted by atomic mass is 10.2. The molecule has 26 heavy (non-hydrogen) atoms. The van der Waals surface area contributed by atoms with E-state index in [-0.39, 0.29) is 11.5 Å². The molecule has 2 aromatic carbocycles. The Morgan fingerprint density at radius 3 is 2.69 bits per heavy atom. The van der Waals surface area contributed by atoms with E-state index in [1.807, 2.05) is 6.07 Å². The van der Waals surface area contributed by atoms with Crippen molar-refractivity contribution in [1.82, 2.24) is 15.2 Å². The number of aromatic amines is 1. The van der Waals surface area contributed by atoms with Crippen LogP contribution in [0.25, 0.3) is 5.69 Å². The lowest BCUT2D eigenvalue weighted by Crippen LogP contribution is -2.20. The molecule has 0 radical (unpaired) electrons. The second kappa shape index (κ2) is 7.72. The average molecular weight is 434 g/mol. The Morgan fingerprint density at radius 2 is 2.00 bits per heavy atom. The zero-order valence-corrected chi connectivity index (χ0v) is 16.0. The lowest BCUT2D eigenvalue weighted by molar-refractivity contribution is 0.0955. The molecule has 0 fully saturated rings. The van der Waals surface area contributed by atoms with Crippen LogP contribution in [0.4, 0.5) is 0 Å². The molecule has 3 rings (SSSR count). The number of halogens is 2. The number of nitrogens with one attached hydrogen (secondary N) is 2. The van der Waals surface area contributed by atoms with Gasteiger partial charge in [-0.2, -0.15) is 5.10 Å². The third kappa shape index (κ3) is 3.95. The highest BCUT2D eigenvalue weighted by molar-refractivity contribution is 9.10. The summed E-state index contributed by atoms with van der Waals surface area (Å²) in [6.45, 7) is 1.76. The first kappa shape index (κ1) is 18.2. The van der Waals surface area contributed by atoms with E-state index < -0.39 is 0 Å². The SMILES string of the molecule is Cc1[nH]n(-c2ccc(Cl)cc2)c(=O)c1/C=N/NC(=O)c1cccc(Br)c1. The van der Waals surface area contributed by atoms with E-state index in [1.54, 1.807) is 49.4 Å². The van der Waals surface area contributed by atoms with Crippen molar-refractivity contribution in [3.63, 3.8) is 0 Å². The van der Waals surface area contributed by atoms with Crippen LogP contribution in [0.15, 0.2) is 62.9 Å². The zero-order chi connectivity index (χ0) is 18.7. The molecule has 1 aromatic heterocycles. The molecule has 1 amide bonds. The molecule has 2 N–H and O–H groups in total. The molecule has 0 unspecified atom stereocenters. The van der Waals surface area contributed by atoms with Crippen molar-refractivity contribution < 1.29 is 4.79 Å². The first-order chi connectivity index (χ1) is 12.5. The predicted molar refractivity (Wildman–Crippen MR) is 105 cm³/mol. The van der Waals surface area contributed by atoms with Crippen LogP contribution < -0.4 is 11.0 Å². The zero-order valence-electron chi connectivity index (χ0n) is 13.7. The van der Waals surface area contributed by atoms with Gasteiger partial charge in [-0.15, -0.1) is 0 Å². The van der Waals surface area contributed by atoms with Gasteiger partial charge in [0.25, 0.3) is 11.5 Å². The van der Waals surface area contributed by atoms with Crippen molar-refractivity contribution >= 4 is 39.7 Å². The molecular weight excluding hydrogens is 420 g/mol. The van der Waals surface area contributed by atoms with Gasteiger partial charge in [0, 0.05) is 20.8 Å². The monoisotopic (exact) mass is 432 g/mol. The van der Waals surface area contributed by atoms with Crippen LogP contribution in [0, 0.1) is 6.92 Å². The predicted octanol–water partition coefficient (Wildman–Crippen LogP) is 3.65. The van der Waals surface area contributed by atoms with Gasteiger partial charge in [0.2, 0.25) is 0 Å². The van der Waals surface area contributed by atoms with Gasteiger partial charge in [-0.3, -0.25) is 14.7 Å². The van der Waals surface area contributed by atoms with Crippen LogP contribution in [-0.4, -0.2) is 21.9 Å². The second-order valence-corrected chi connectivity index (χ2v) is 6.83. The maximum Gasteiger partial charge on any atom is 0.280 e. The van der Waals surface area contributed by atoms with Gasteiger partial charge in [0.15, 0.2) is 0 Å². The Balaban J connectivity index is 1.80. The van der Waals surface area contributed by atoms with Crippen LogP contribution >= 0.6 is 27.5 Å². The molecule has 6 nitrogen and oxygen atoms in total. The van der Waals surface area contributed by atoms with Crippen LogP contribution in [0.5, 0.6) is 0 Å². The number of H-pyrrole nitrogens is 1. The Hall–Kier alpha value is -2.64. The molecule has 0 aliphatic rings. The van der Waals surface area contributed by atoms with Crippen molar-refractivity contribution in [2.45, 2.75) is 6.92 Å². The molecule has 0 bridgehead atoms. The fourth-order valence-electron chi connectivity index (χ4n) is 2.33. The number of aryl methyl sites for hydroxylation is 1. The maximum atomic E-state index is 12.6. The van der Waals surface area contributed by atoms with Crippen LogP contribution in [0.2, 0.25) is 5.02 Å². The van der Waals surface area contributed by atoms with Crippen molar-refractivity contribution in [2.24, 2.45) is 5.10 Å². The van der Waals surface area contributed by atoms with E-state index in [0.717, 1.165) is 4.47 Å². The number of amides is 1. The third-order valence-corrected chi connectivity index (χ3v) is 4.39. The van der Waals surface area contributed by atoms with Gasteiger partial charge in [0.05, 0.1) is 17.5 Å². The van der Waals surface area contributed by atoms with E-state index in [0.29, 0.717) is 27.5 Å². The molecule has 0 aliphatic heterocycles. The average Bonchev–Trinajstić information content (AvgIpc) is 2.90. The summed E-state index contributed by atoms with van der Waals surface area (Å²) in [6, 6.07) is 13.8. The quantitative estimate of drug-likeness (QED) is 0.486. The largest absolute Gasteiger partial charge is 0.295 e. The Morgan fingerprint density at radius 1 is 1.27 bits per heavy atom. The van der Waals surface area contributed by atoms with Gasteiger partial charge < -0.3 is 0 Å². The molecule has 0 aliphatic carbocycles. The Bertz CT molecular complexity index is 1040. The summed E-state index contributed by atoms with van der Waals surface area (Å²) < 4.78 is 2.19. The van der Waals surface area contributed by atoms with Crippen LogP contribution in [0.1, 0.15) is 21.6 Å². The normalized spacial score (nSPS) is 11.0. The molecule has 0 saturated carbocycles. The minimum Gasteiger partial charge on any atom is -0.295 e. The minimum absolute atomic E-state index is 0.273. The number of nitrogens with zero attached hydrogens (tertiary/aromatic N) is 2. The molecule has 1 heterocycles. The molecular formula is C18H14BrClN4O2. The number of hydrogen-bond donors (Lipinski definition) is 2. The summed E-state index contributed by atoms with van der Waals surface area (Å²) in [5.74, 6) is -0.367. The topological polar surface area (TPSA) is 79.2 Å². The molecule has 0 atom stereocenters. The summed E-state index contributed by atoms with van der Waals surface area (Å²) in [4.78, 5) is 24.6. The van der Waals surface area contributed by atoms with Gasteiger partial charge >= 0.3 is 0 Å². The van der Waals surface area contributed by atoms with E-state index in [2.05, 4.69) is 31.6 Å². The second-order valence-electron chi connectivity index (χ2n) is 5.48. The fraction of sp³-hybridized carbons (Fsp3) is 0.0556. The molecule has 132 valence electrons. The first-order valence-electron chi connectivity index (χ1n) is 7.62. The maximum absolute atomic E-state index is 12.6. The summed E-state index contributed by atoms with van der Waals surface area (Å²) in [5.41, 5.74) is 4.24. The third-order valence-electron chi connectivity index (χ3n) is 3.65. The molecule has 8 heteroatoms. The smallest absolute Gasteiger partial charge is 0.280 e. The lowest BCUT2D eigenvalue weighted by Gasteiger charge is -2.00. The number of rotatable bonds is 4. The van der Waals surface area contributed by atoms with Crippen molar-refractivity contribution in [3.8, 4) is 5.69 Å². The van der Waals surface area contributed by atoms with Crippen LogP contribution in [0.3, 0.4) is 0 Å². The molecule has 3 aromatic rings. The van der Waals surface area contributed by atoms with Crippen molar-refractivity contribution in [3.05, 3.63) is 85.2 Å². The van der Waals surface area contributed by atoms with E-state index >= 15 is 0 Å². The molecule has 0 saturated heterocycles. The molecule has 0 spiro atoms. The summed E-state index contributed by atoms with van der Waals surface area (Å²) in [5, 5.41) is 7.46. The van der Waals surface area contributed by atoms with E-state index in [4.69, 9.17) is 11.6 Å². The number of hydrazone groups is 1. The number of aromatic nitrogens is 2. The number of hydrogen-bond acceptors (Lipinski definition) is 3. The highest BCUT2D eigenvalue weighted by Crippen LogP contribution is 2.13. The fourth-order valence-corrected chi connectivity index (χ4v) is 2.86. The van der Waals surface area contributed by atoms with Crippen molar-refractivity contribution in [2.75, 3.05) is 0 Å². The summed E-state index contributed by atoms with van der Waals surface area (Å²) in [6.07, 6.45) is 1.33. The van der Waals surface area contributed by atoms with Gasteiger partial charge in [0.1, 0.15) is 0 Å². The minimum atomic E-state index is -0.367. The number of carbonyl (C=O) groups excluding carboxylic acids is 1. The standard InChI is InChI=1S/C18H14BrClN4O2/c1-11-16(10-21-22-17(25)12-3-2-4-13(19)9-12)18(26)24(23-11)15-7-5-14(20)6-8-15/h2-10,23H,1H3,(H,22,25)/b21-10+. The van der Waals surface area contributed by atoms with Gasteiger partial charge in [-0.1, -0.05) is 33.6 Å². The Kier molecular flexibility index (Phi) is 5.39. The van der Waals surface area contributed by atoms with E-state index in [9.17, 15) is 9.59 Å². The highest BCUT2D eigenvalue weighted by atomic mass is 79.9. The first-order valence-corrected chi connectivity index (χ1v) is 8.79. The summed E-state index contributed by atoms with van der Waals surface area (Å²) >= 11 is 9.18. The van der Waals surface area contributed by atoms with Gasteiger partial charge in [-0.25, -0.2) is 10.1 Å². The van der Waals surface area contributed by atoms with Crippen molar-refractivity contribution in [1.29, 1.82) is 0 Å². The van der Waals surface area contributed by atoms with Crippen LogP contribution in [-0.2, 0) is 0 Å².